The maximum absolute atomic E-state index is 6.38. The molecule has 3 nitrogen and oxygen atoms in total. The lowest BCUT2D eigenvalue weighted by Gasteiger charge is -2.15. The van der Waals surface area contributed by atoms with E-state index in [1.165, 1.54) is 60.4 Å². The number of benzene rings is 9. The number of rotatable bonds is 6. The molecule has 262 valence electrons. The summed E-state index contributed by atoms with van der Waals surface area (Å²) in [6.45, 7) is 0. The standard InChI is InChI=1S/C53H34N2O/c1-2-15-41(16-3-1)55-49-23-11-10-21-47(49)48-34-40(31-32-50(48)55)43-18-7-9-20-46(43)45-19-8-6-17-42(45)36-26-28-37(29-27-36)53-54-52-44(22-12-24-51(52)56-53)39-30-25-35-13-4-5-14-38(35)33-39/h1-34H. The van der Waals surface area contributed by atoms with Crippen LogP contribution in [0.15, 0.2) is 211 Å². The molecule has 11 aromatic rings. The average molecular weight is 715 g/mol. The highest BCUT2D eigenvalue weighted by Crippen LogP contribution is 2.41. The second-order valence-corrected chi connectivity index (χ2v) is 14.3. The van der Waals surface area contributed by atoms with Gasteiger partial charge in [-0.15, -0.1) is 0 Å². The zero-order valence-corrected chi connectivity index (χ0v) is 30.4. The van der Waals surface area contributed by atoms with E-state index >= 15 is 0 Å². The molecule has 0 aliphatic rings. The summed E-state index contributed by atoms with van der Waals surface area (Å²) < 4.78 is 8.74. The third-order valence-corrected chi connectivity index (χ3v) is 11.1. The van der Waals surface area contributed by atoms with E-state index in [-0.39, 0.29) is 0 Å². The number of para-hydroxylation sites is 3. The van der Waals surface area contributed by atoms with Gasteiger partial charge in [-0.2, -0.15) is 0 Å². The van der Waals surface area contributed by atoms with Crippen molar-refractivity contribution in [1.29, 1.82) is 0 Å². The van der Waals surface area contributed by atoms with Crippen LogP contribution >= 0.6 is 0 Å². The molecule has 0 N–H and O–H groups in total. The Labute approximate surface area is 324 Å². The number of nitrogens with zero attached hydrogens (tertiary/aromatic N) is 2. The maximum Gasteiger partial charge on any atom is 0.227 e. The molecule has 56 heavy (non-hydrogen) atoms. The summed E-state index contributed by atoms with van der Waals surface area (Å²) in [4.78, 5) is 5.04. The minimum absolute atomic E-state index is 0.613. The van der Waals surface area contributed by atoms with Crippen molar-refractivity contribution < 1.29 is 4.42 Å². The fraction of sp³-hybridized carbons (Fsp3) is 0. The number of oxazole rings is 1. The Balaban J connectivity index is 0.963. The predicted octanol–water partition coefficient (Wildman–Crippen LogP) is 14.4. The van der Waals surface area contributed by atoms with Gasteiger partial charge in [-0.1, -0.05) is 152 Å². The highest BCUT2D eigenvalue weighted by atomic mass is 16.3. The van der Waals surface area contributed by atoms with E-state index in [4.69, 9.17) is 9.40 Å². The molecule has 0 spiro atoms. The number of fused-ring (bicyclic) bond motifs is 5. The van der Waals surface area contributed by atoms with Crippen molar-refractivity contribution in [2.75, 3.05) is 0 Å². The van der Waals surface area contributed by atoms with E-state index in [0.717, 1.165) is 39.0 Å². The summed E-state index contributed by atoms with van der Waals surface area (Å²) in [5, 5.41) is 4.91. The van der Waals surface area contributed by atoms with Crippen LogP contribution in [-0.4, -0.2) is 9.55 Å². The van der Waals surface area contributed by atoms with Crippen LogP contribution in [0.1, 0.15) is 0 Å². The van der Waals surface area contributed by atoms with Crippen LogP contribution in [0.5, 0.6) is 0 Å². The Bertz CT molecular complexity index is 3240. The number of hydrogen-bond donors (Lipinski definition) is 0. The lowest BCUT2D eigenvalue weighted by molar-refractivity contribution is 0.620. The summed E-state index contributed by atoms with van der Waals surface area (Å²) in [7, 11) is 0. The van der Waals surface area contributed by atoms with Gasteiger partial charge in [0, 0.05) is 27.6 Å². The zero-order valence-electron chi connectivity index (χ0n) is 30.4. The van der Waals surface area contributed by atoms with Crippen LogP contribution in [0.4, 0.5) is 0 Å². The SMILES string of the molecule is c1ccc(-n2c3ccccc3c3cc(-c4ccccc4-c4ccccc4-c4ccc(-c5nc6c(-c7ccc8ccccc8c7)cccc6o5)cc4)ccc32)cc1. The van der Waals surface area contributed by atoms with E-state index in [1.54, 1.807) is 0 Å². The molecule has 2 heterocycles. The molecule has 0 bridgehead atoms. The minimum atomic E-state index is 0.613. The van der Waals surface area contributed by atoms with Crippen molar-refractivity contribution in [1.82, 2.24) is 9.55 Å². The van der Waals surface area contributed by atoms with Gasteiger partial charge in [0.15, 0.2) is 5.58 Å². The Morgan fingerprint density at radius 2 is 0.929 bits per heavy atom. The van der Waals surface area contributed by atoms with Gasteiger partial charge >= 0.3 is 0 Å². The van der Waals surface area contributed by atoms with E-state index in [1.807, 2.05) is 12.1 Å². The highest BCUT2D eigenvalue weighted by molar-refractivity contribution is 6.11. The maximum atomic E-state index is 6.38. The molecule has 3 heteroatoms. The molecule has 0 atom stereocenters. The van der Waals surface area contributed by atoms with Crippen LogP contribution < -0.4 is 0 Å². The smallest absolute Gasteiger partial charge is 0.227 e. The quantitative estimate of drug-likeness (QED) is 0.172. The van der Waals surface area contributed by atoms with Gasteiger partial charge in [0.2, 0.25) is 5.89 Å². The molecule has 0 radical (unpaired) electrons. The summed E-state index contributed by atoms with van der Waals surface area (Å²) >= 11 is 0. The molecular formula is C53H34N2O. The number of aromatic nitrogens is 2. The van der Waals surface area contributed by atoms with Crippen LogP contribution in [0.25, 0.3) is 105 Å². The predicted molar refractivity (Wildman–Crippen MR) is 233 cm³/mol. The van der Waals surface area contributed by atoms with Crippen molar-refractivity contribution in [3.05, 3.63) is 206 Å². The summed E-state index contributed by atoms with van der Waals surface area (Å²) in [5.74, 6) is 0.613. The fourth-order valence-electron chi connectivity index (χ4n) is 8.39. The molecule has 0 unspecified atom stereocenters. The van der Waals surface area contributed by atoms with Gasteiger partial charge in [-0.3, -0.25) is 0 Å². The molecule has 0 amide bonds. The second kappa shape index (κ2) is 13.1. The average Bonchev–Trinajstić information content (AvgIpc) is 3.86. The van der Waals surface area contributed by atoms with E-state index < -0.39 is 0 Å². The molecule has 0 aliphatic heterocycles. The van der Waals surface area contributed by atoms with Crippen molar-refractivity contribution in [2.24, 2.45) is 0 Å². The minimum Gasteiger partial charge on any atom is -0.436 e. The molecule has 0 saturated heterocycles. The third kappa shape index (κ3) is 5.32. The third-order valence-electron chi connectivity index (χ3n) is 11.1. The molecule has 9 aromatic carbocycles. The van der Waals surface area contributed by atoms with E-state index in [0.29, 0.717) is 5.89 Å². The topological polar surface area (TPSA) is 31.0 Å². The fourth-order valence-corrected chi connectivity index (χ4v) is 8.39. The summed E-state index contributed by atoms with van der Waals surface area (Å²) in [6.07, 6.45) is 0. The normalized spacial score (nSPS) is 11.6. The lowest BCUT2D eigenvalue weighted by atomic mass is 9.89. The summed E-state index contributed by atoms with van der Waals surface area (Å²) in [6, 6.07) is 73.5. The molecule has 2 aromatic heterocycles. The van der Waals surface area contributed by atoms with Gasteiger partial charge in [0.05, 0.1) is 11.0 Å². The van der Waals surface area contributed by atoms with Gasteiger partial charge < -0.3 is 8.98 Å². The Kier molecular flexibility index (Phi) is 7.49. The van der Waals surface area contributed by atoms with Crippen molar-refractivity contribution >= 4 is 43.7 Å². The Hall–Kier alpha value is -7.49. The first kappa shape index (κ1) is 32.0. The van der Waals surface area contributed by atoms with E-state index in [2.05, 4.69) is 199 Å². The second-order valence-electron chi connectivity index (χ2n) is 14.3. The zero-order chi connectivity index (χ0) is 37.0. The van der Waals surface area contributed by atoms with E-state index in [9.17, 15) is 0 Å². The molecule has 11 rings (SSSR count). The molecular weight excluding hydrogens is 681 g/mol. The van der Waals surface area contributed by atoms with Crippen LogP contribution in [-0.2, 0) is 0 Å². The number of hydrogen-bond acceptors (Lipinski definition) is 2. The largest absolute Gasteiger partial charge is 0.436 e. The highest BCUT2D eigenvalue weighted by Gasteiger charge is 2.18. The Morgan fingerprint density at radius 1 is 0.357 bits per heavy atom. The first-order valence-electron chi connectivity index (χ1n) is 19.0. The molecule has 0 aliphatic carbocycles. The molecule has 0 saturated carbocycles. The van der Waals surface area contributed by atoms with Crippen molar-refractivity contribution in [2.45, 2.75) is 0 Å². The lowest BCUT2D eigenvalue weighted by Crippen LogP contribution is -1.93. The van der Waals surface area contributed by atoms with Crippen LogP contribution in [0.3, 0.4) is 0 Å². The summed E-state index contributed by atoms with van der Waals surface area (Å²) in [5.41, 5.74) is 15.4. The first-order valence-corrected chi connectivity index (χ1v) is 19.0. The van der Waals surface area contributed by atoms with Crippen LogP contribution in [0, 0.1) is 0 Å². The van der Waals surface area contributed by atoms with Crippen molar-refractivity contribution in [3.63, 3.8) is 0 Å². The molecule has 0 fully saturated rings. The monoisotopic (exact) mass is 714 g/mol. The van der Waals surface area contributed by atoms with Gasteiger partial charge in [-0.25, -0.2) is 4.98 Å². The van der Waals surface area contributed by atoms with Gasteiger partial charge in [0.1, 0.15) is 5.52 Å². The van der Waals surface area contributed by atoms with Gasteiger partial charge in [0.25, 0.3) is 0 Å². The van der Waals surface area contributed by atoms with Crippen molar-refractivity contribution in [3.8, 4) is 61.6 Å². The first-order chi connectivity index (χ1) is 27.8. The van der Waals surface area contributed by atoms with Gasteiger partial charge in [-0.05, 0) is 104 Å². The Morgan fingerprint density at radius 3 is 1.73 bits per heavy atom. The van der Waals surface area contributed by atoms with Crippen LogP contribution in [0.2, 0.25) is 0 Å².